The van der Waals surface area contributed by atoms with Crippen molar-refractivity contribution in [3.8, 4) is 16.9 Å². The lowest BCUT2D eigenvalue weighted by atomic mass is 10.0. The van der Waals surface area contributed by atoms with E-state index in [-0.39, 0.29) is 21.0 Å². The van der Waals surface area contributed by atoms with Crippen molar-refractivity contribution in [2.24, 2.45) is 0 Å². The first kappa shape index (κ1) is 16.3. The van der Waals surface area contributed by atoms with Crippen LogP contribution in [0.5, 0.6) is 5.75 Å². The van der Waals surface area contributed by atoms with Gasteiger partial charge >= 0.3 is 5.97 Å². The molecule has 7 heteroatoms. The zero-order chi connectivity index (χ0) is 16.5. The smallest absolute Gasteiger partial charge is 0.337 e. The molecule has 0 aliphatic carbocycles. The maximum atomic E-state index is 12.0. The van der Waals surface area contributed by atoms with E-state index in [1.165, 1.54) is 19.2 Å². The van der Waals surface area contributed by atoms with Gasteiger partial charge in [-0.3, -0.25) is 0 Å². The number of carbonyl (C=O) groups is 1. The Bertz CT molecular complexity index is 826. The fourth-order valence-electron chi connectivity index (χ4n) is 2.06. The molecule has 0 fully saturated rings. The number of hydrogen-bond donors (Lipinski definition) is 1. The highest BCUT2D eigenvalue weighted by Gasteiger charge is 2.22. The molecule has 0 aliphatic rings. The molecule has 22 heavy (non-hydrogen) atoms. The van der Waals surface area contributed by atoms with E-state index in [9.17, 15) is 13.2 Å². The van der Waals surface area contributed by atoms with Gasteiger partial charge in [0, 0.05) is 11.8 Å². The van der Waals surface area contributed by atoms with E-state index in [0.29, 0.717) is 11.3 Å². The highest BCUT2D eigenvalue weighted by molar-refractivity contribution is 7.90. The number of hydrogen-bond acceptors (Lipinski definition) is 4. The van der Waals surface area contributed by atoms with Gasteiger partial charge in [-0.1, -0.05) is 23.7 Å². The van der Waals surface area contributed by atoms with Gasteiger partial charge in [-0.05, 0) is 29.8 Å². The highest BCUT2D eigenvalue weighted by Crippen LogP contribution is 2.37. The van der Waals surface area contributed by atoms with Crippen molar-refractivity contribution in [3.63, 3.8) is 0 Å². The summed E-state index contributed by atoms with van der Waals surface area (Å²) in [6.45, 7) is 0. The molecule has 2 aromatic carbocycles. The Hall–Kier alpha value is -2.05. The lowest BCUT2D eigenvalue weighted by Crippen LogP contribution is -2.05. The van der Waals surface area contributed by atoms with Gasteiger partial charge in [0.1, 0.15) is 5.75 Å². The molecule has 0 spiro atoms. The summed E-state index contributed by atoms with van der Waals surface area (Å²) in [5.74, 6) is -0.630. The van der Waals surface area contributed by atoms with Crippen LogP contribution in [-0.4, -0.2) is 32.9 Å². The van der Waals surface area contributed by atoms with Gasteiger partial charge in [-0.15, -0.1) is 0 Å². The first-order valence-electron chi connectivity index (χ1n) is 6.16. The molecule has 0 unspecified atom stereocenters. The second-order valence-corrected chi connectivity index (χ2v) is 6.97. The van der Waals surface area contributed by atoms with Crippen LogP contribution < -0.4 is 4.74 Å². The maximum Gasteiger partial charge on any atom is 0.337 e. The van der Waals surface area contributed by atoms with E-state index in [4.69, 9.17) is 21.4 Å². The molecule has 2 aromatic rings. The van der Waals surface area contributed by atoms with Crippen molar-refractivity contribution in [1.82, 2.24) is 0 Å². The molecule has 5 nitrogen and oxygen atoms in total. The van der Waals surface area contributed by atoms with E-state index < -0.39 is 15.8 Å². The van der Waals surface area contributed by atoms with Crippen LogP contribution in [0.2, 0.25) is 5.02 Å². The molecule has 0 radical (unpaired) electrons. The van der Waals surface area contributed by atoms with Gasteiger partial charge in [0.15, 0.2) is 9.84 Å². The first-order chi connectivity index (χ1) is 10.3. The standard InChI is InChI=1S/C15H13ClO5S/c1-21-10-5-3-9(4-6-10)13-12(22(2,19)20)8-7-11(14(13)16)15(17)18/h3-8H,1-2H3,(H,17,18). The second kappa shape index (κ2) is 5.98. The molecule has 0 aliphatic heterocycles. The zero-order valence-corrected chi connectivity index (χ0v) is 13.4. The van der Waals surface area contributed by atoms with E-state index >= 15 is 0 Å². The van der Waals surface area contributed by atoms with Gasteiger partial charge < -0.3 is 9.84 Å². The average Bonchev–Trinajstić information content (AvgIpc) is 2.45. The van der Waals surface area contributed by atoms with Crippen LogP contribution in [0.4, 0.5) is 0 Å². The topological polar surface area (TPSA) is 80.7 Å². The summed E-state index contributed by atoms with van der Waals surface area (Å²) >= 11 is 6.15. The van der Waals surface area contributed by atoms with Gasteiger partial charge in [0.05, 0.1) is 22.6 Å². The van der Waals surface area contributed by atoms with Gasteiger partial charge in [0.25, 0.3) is 0 Å². The average molecular weight is 341 g/mol. The second-order valence-electron chi connectivity index (χ2n) is 4.61. The molecule has 1 N–H and O–H groups in total. The summed E-state index contributed by atoms with van der Waals surface area (Å²) < 4.78 is 29.0. The molecule has 0 atom stereocenters. The van der Waals surface area contributed by atoms with Gasteiger partial charge in [-0.2, -0.15) is 0 Å². The summed E-state index contributed by atoms with van der Waals surface area (Å²) in [5.41, 5.74) is 0.515. The van der Waals surface area contributed by atoms with Crippen molar-refractivity contribution in [2.45, 2.75) is 4.90 Å². The molecule has 0 heterocycles. The summed E-state index contributed by atoms with van der Waals surface area (Å²) in [4.78, 5) is 11.2. The molecule has 116 valence electrons. The van der Waals surface area contributed by atoms with Crippen molar-refractivity contribution in [3.05, 3.63) is 47.0 Å². The van der Waals surface area contributed by atoms with Gasteiger partial charge in [0.2, 0.25) is 0 Å². The third-order valence-corrected chi connectivity index (χ3v) is 4.64. The number of benzene rings is 2. The summed E-state index contributed by atoms with van der Waals surface area (Å²) in [5, 5.41) is 9.05. The molecular weight excluding hydrogens is 328 g/mol. The predicted molar refractivity (Wildman–Crippen MR) is 83.5 cm³/mol. The van der Waals surface area contributed by atoms with Crippen molar-refractivity contribution in [1.29, 1.82) is 0 Å². The quantitative estimate of drug-likeness (QED) is 0.924. The molecule has 2 rings (SSSR count). The normalized spacial score (nSPS) is 11.2. The molecule has 0 amide bonds. The third-order valence-electron chi connectivity index (χ3n) is 3.11. The lowest BCUT2D eigenvalue weighted by Gasteiger charge is -2.13. The number of aromatic carboxylic acids is 1. The molecule has 0 saturated carbocycles. The lowest BCUT2D eigenvalue weighted by molar-refractivity contribution is 0.0697. The fourth-order valence-corrected chi connectivity index (χ4v) is 3.38. The maximum absolute atomic E-state index is 12.0. The summed E-state index contributed by atoms with van der Waals surface area (Å²) in [6.07, 6.45) is 1.05. The van der Waals surface area contributed by atoms with Crippen molar-refractivity contribution < 1.29 is 23.1 Å². The Kier molecular flexibility index (Phi) is 4.44. The van der Waals surface area contributed by atoms with E-state index in [0.717, 1.165) is 6.26 Å². The zero-order valence-electron chi connectivity index (χ0n) is 11.8. The number of halogens is 1. The first-order valence-corrected chi connectivity index (χ1v) is 8.43. The molecule has 0 bridgehead atoms. The van der Waals surface area contributed by atoms with E-state index in [1.807, 2.05) is 0 Å². The summed E-state index contributed by atoms with van der Waals surface area (Å²) in [6, 6.07) is 8.98. The van der Waals surface area contributed by atoms with Crippen LogP contribution in [-0.2, 0) is 9.84 Å². The largest absolute Gasteiger partial charge is 0.497 e. The van der Waals surface area contributed by atoms with Crippen LogP contribution >= 0.6 is 11.6 Å². The minimum Gasteiger partial charge on any atom is -0.497 e. The summed E-state index contributed by atoms with van der Waals surface area (Å²) in [7, 11) is -2.06. The molecular formula is C15H13ClO5S. The SMILES string of the molecule is COc1ccc(-c2c(S(C)(=O)=O)ccc(C(=O)O)c2Cl)cc1. The van der Waals surface area contributed by atoms with Crippen LogP contribution in [0, 0.1) is 0 Å². The van der Waals surface area contributed by atoms with Crippen LogP contribution in [0.25, 0.3) is 11.1 Å². The fraction of sp³-hybridized carbons (Fsp3) is 0.133. The van der Waals surface area contributed by atoms with Crippen LogP contribution in [0.3, 0.4) is 0 Å². The Labute approximate surface area is 133 Å². The highest BCUT2D eigenvalue weighted by atomic mass is 35.5. The number of rotatable bonds is 4. The van der Waals surface area contributed by atoms with Gasteiger partial charge in [-0.25, -0.2) is 13.2 Å². The minimum atomic E-state index is -3.57. The van der Waals surface area contributed by atoms with E-state index in [1.54, 1.807) is 24.3 Å². The number of methoxy groups -OCH3 is 1. The number of ether oxygens (including phenoxy) is 1. The Balaban J connectivity index is 2.79. The molecule has 0 aromatic heterocycles. The van der Waals surface area contributed by atoms with Crippen LogP contribution in [0.15, 0.2) is 41.3 Å². The third kappa shape index (κ3) is 3.08. The Morgan fingerprint density at radius 1 is 1.14 bits per heavy atom. The Morgan fingerprint density at radius 3 is 2.18 bits per heavy atom. The number of sulfone groups is 1. The van der Waals surface area contributed by atoms with Crippen molar-refractivity contribution in [2.75, 3.05) is 13.4 Å². The van der Waals surface area contributed by atoms with Crippen molar-refractivity contribution >= 4 is 27.4 Å². The monoisotopic (exact) mass is 340 g/mol. The van der Waals surface area contributed by atoms with Crippen LogP contribution in [0.1, 0.15) is 10.4 Å². The predicted octanol–water partition coefficient (Wildman–Crippen LogP) is 3.12. The van der Waals surface area contributed by atoms with E-state index in [2.05, 4.69) is 0 Å². The number of carboxylic acids is 1. The Morgan fingerprint density at radius 2 is 1.73 bits per heavy atom. The minimum absolute atomic E-state index is 0.0207. The number of carboxylic acid groups (broad SMARTS) is 1. The molecule has 0 saturated heterocycles.